The molecule has 0 aliphatic carbocycles. The molecular formula is C15H20ClNO2. The van der Waals surface area contributed by atoms with Crippen LogP contribution in [0, 0.1) is 6.92 Å². The number of benzene rings is 1. The Bertz CT molecular complexity index is 473. The van der Waals surface area contributed by atoms with Gasteiger partial charge in [0, 0.05) is 18.7 Å². The molecular weight excluding hydrogens is 262 g/mol. The topological polar surface area (TPSA) is 29.5 Å². The number of alkyl halides is 1. The monoisotopic (exact) mass is 281 g/mol. The summed E-state index contributed by atoms with van der Waals surface area (Å²) in [5, 5.41) is 0. The number of nitrogens with zero attached hydrogens (tertiary/aromatic N) is 1. The number of aryl methyl sites for hydroxylation is 1. The summed E-state index contributed by atoms with van der Waals surface area (Å²) in [6.45, 7) is 7.08. The van der Waals surface area contributed by atoms with Gasteiger partial charge in [-0.2, -0.15) is 0 Å². The van der Waals surface area contributed by atoms with Gasteiger partial charge in [0.1, 0.15) is 0 Å². The Kier molecular flexibility index (Phi) is 4.16. The average molecular weight is 282 g/mol. The van der Waals surface area contributed by atoms with Gasteiger partial charge in [0.05, 0.1) is 17.6 Å². The standard InChI is InChI=1S/C15H20ClNO2/c1-11-6-4-5-7-13(11)14(18)17-9-12(8-16)19-15(2,3)10-17/h4-7,12H,8-10H2,1-3H3. The molecule has 1 fully saturated rings. The van der Waals surface area contributed by atoms with E-state index in [2.05, 4.69) is 0 Å². The van der Waals surface area contributed by atoms with Crippen LogP contribution in [0.25, 0.3) is 0 Å². The molecule has 104 valence electrons. The Morgan fingerprint density at radius 2 is 2.16 bits per heavy atom. The van der Waals surface area contributed by atoms with Gasteiger partial charge in [-0.05, 0) is 32.4 Å². The lowest BCUT2D eigenvalue weighted by Crippen LogP contribution is -2.55. The largest absolute Gasteiger partial charge is 0.367 e. The van der Waals surface area contributed by atoms with Crippen molar-refractivity contribution in [2.75, 3.05) is 19.0 Å². The number of carbonyl (C=O) groups is 1. The number of ether oxygens (including phenoxy) is 1. The van der Waals surface area contributed by atoms with Gasteiger partial charge in [0.2, 0.25) is 0 Å². The van der Waals surface area contributed by atoms with Gasteiger partial charge >= 0.3 is 0 Å². The molecule has 1 aliphatic rings. The third-order valence-electron chi connectivity index (χ3n) is 3.32. The molecule has 0 radical (unpaired) electrons. The van der Waals surface area contributed by atoms with Gasteiger partial charge in [0.15, 0.2) is 0 Å². The lowest BCUT2D eigenvalue weighted by Gasteiger charge is -2.42. The van der Waals surface area contributed by atoms with Crippen LogP contribution in [0.4, 0.5) is 0 Å². The minimum absolute atomic E-state index is 0.0598. The van der Waals surface area contributed by atoms with Crippen LogP contribution < -0.4 is 0 Å². The molecule has 1 atom stereocenters. The first-order valence-electron chi connectivity index (χ1n) is 6.51. The summed E-state index contributed by atoms with van der Waals surface area (Å²) in [5.41, 5.74) is 1.41. The number of amides is 1. The van der Waals surface area contributed by atoms with Crippen LogP contribution in [0.15, 0.2) is 24.3 Å². The Hall–Kier alpha value is -1.06. The van der Waals surface area contributed by atoms with Gasteiger partial charge in [-0.1, -0.05) is 18.2 Å². The lowest BCUT2D eigenvalue weighted by molar-refractivity contribution is -0.117. The zero-order chi connectivity index (χ0) is 14.0. The summed E-state index contributed by atoms with van der Waals surface area (Å²) in [7, 11) is 0. The number of hydrogen-bond donors (Lipinski definition) is 0. The molecule has 2 rings (SSSR count). The van der Waals surface area contributed by atoms with Gasteiger partial charge in [-0.3, -0.25) is 4.79 Å². The molecule has 1 heterocycles. The molecule has 0 saturated carbocycles. The van der Waals surface area contributed by atoms with Crippen LogP contribution in [-0.4, -0.2) is 41.5 Å². The smallest absolute Gasteiger partial charge is 0.254 e. The van der Waals surface area contributed by atoms with E-state index < -0.39 is 0 Å². The Morgan fingerprint density at radius 3 is 2.79 bits per heavy atom. The van der Waals surface area contributed by atoms with E-state index in [0.717, 1.165) is 11.1 Å². The molecule has 3 nitrogen and oxygen atoms in total. The number of rotatable bonds is 2. The van der Waals surface area contributed by atoms with Crippen molar-refractivity contribution in [2.24, 2.45) is 0 Å². The van der Waals surface area contributed by atoms with Gasteiger partial charge in [-0.15, -0.1) is 11.6 Å². The molecule has 0 N–H and O–H groups in total. The molecule has 0 bridgehead atoms. The fourth-order valence-corrected chi connectivity index (χ4v) is 2.67. The van der Waals surface area contributed by atoms with Crippen LogP contribution in [0.2, 0.25) is 0 Å². The van der Waals surface area contributed by atoms with Gasteiger partial charge in [0.25, 0.3) is 5.91 Å². The van der Waals surface area contributed by atoms with Crippen LogP contribution in [-0.2, 0) is 4.74 Å². The Labute approximate surface area is 119 Å². The number of halogens is 1. The zero-order valence-electron chi connectivity index (χ0n) is 11.6. The second-order valence-electron chi connectivity index (χ2n) is 5.65. The fourth-order valence-electron chi connectivity index (χ4n) is 2.51. The van der Waals surface area contributed by atoms with Crippen molar-refractivity contribution >= 4 is 17.5 Å². The minimum Gasteiger partial charge on any atom is -0.367 e. The average Bonchev–Trinajstić information content (AvgIpc) is 2.36. The highest BCUT2D eigenvalue weighted by molar-refractivity contribution is 6.18. The lowest BCUT2D eigenvalue weighted by atomic mass is 10.0. The molecule has 1 unspecified atom stereocenters. The maximum Gasteiger partial charge on any atom is 0.254 e. The van der Waals surface area contributed by atoms with E-state index in [9.17, 15) is 4.79 Å². The van der Waals surface area contributed by atoms with E-state index in [4.69, 9.17) is 16.3 Å². The van der Waals surface area contributed by atoms with E-state index in [0.29, 0.717) is 19.0 Å². The van der Waals surface area contributed by atoms with Crippen LogP contribution in [0.3, 0.4) is 0 Å². The molecule has 1 aromatic carbocycles. The van der Waals surface area contributed by atoms with E-state index in [1.54, 1.807) is 0 Å². The molecule has 0 aromatic heterocycles. The minimum atomic E-state index is -0.351. The summed E-state index contributed by atoms with van der Waals surface area (Å²) in [4.78, 5) is 14.4. The van der Waals surface area contributed by atoms with Crippen LogP contribution in [0.5, 0.6) is 0 Å². The molecule has 1 aromatic rings. The summed E-state index contributed by atoms with van der Waals surface area (Å²) in [5.74, 6) is 0.464. The van der Waals surface area contributed by atoms with Crippen molar-refractivity contribution in [1.82, 2.24) is 4.90 Å². The van der Waals surface area contributed by atoms with Crippen molar-refractivity contribution in [3.05, 3.63) is 35.4 Å². The summed E-state index contributed by atoms with van der Waals surface area (Å²) < 4.78 is 5.84. The second kappa shape index (κ2) is 5.51. The number of hydrogen-bond acceptors (Lipinski definition) is 2. The first-order chi connectivity index (χ1) is 8.93. The Balaban J connectivity index is 2.21. The van der Waals surface area contributed by atoms with Crippen LogP contribution in [0.1, 0.15) is 29.8 Å². The Morgan fingerprint density at radius 1 is 1.47 bits per heavy atom. The van der Waals surface area contributed by atoms with Crippen molar-refractivity contribution in [1.29, 1.82) is 0 Å². The predicted molar refractivity (Wildman–Crippen MR) is 76.8 cm³/mol. The number of morpholine rings is 1. The van der Waals surface area contributed by atoms with Crippen LogP contribution >= 0.6 is 11.6 Å². The molecule has 0 spiro atoms. The predicted octanol–water partition coefficient (Wildman–Crippen LogP) is 2.85. The summed E-state index contributed by atoms with van der Waals surface area (Å²) >= 11 is 5.89. The van der Waals surface area contributed by atoms with E-state index in [-0.39, 0.29) is 17.6 Å². The fraction of sp³-hybridized carbons (Fsp3) is 0.533. The third kappa shape index (κ3) is 3.28. The van der Waals surface area contributed by atoms with Crippen molar-refractivity contribution in [3.8, 4) is 0 Å². The van der Waals surface area contributed by atoms with Crippen molar-refractivity contribution in [2.45, 2.75) is 32.5 Å². The molecule has 1 amide bonds. The molecule has 19 heavy (non-hydrogen) atoms. The maximum atomic E-state index is 12.6. The highest BCUT2D eigenvalue weighted by Crippen LogP contribution is 2.23. The third-order valence-corrected chi connectivity index (χ3v) is 3.66. The quantitative estimate of drug-likeness (QED) is 0.780. The molecule has 1 saturated heterocycles. The normalized spacial score (nSPS) is 22.3. The van der Waals surface area contributed by atoms with Crippen molar-refractivity contribution < 1.29 is 9.53 Å². The second-order valence-corrected chi connectivity index (χ2v) is 5.96. The first-order valence-corrected chi connectivity index (χ1v) is 7.05. The first kappa shape index (κ1) is 14.4. The van der Waals surface area contributed by atoms with E-state index in [1.807, 2.05) is 49.9 Å². The maximum absolute atomic E-state index is 12.6. The molecule has 4 heteroatoms. The number of carbonyl (C=O) groups excluding carboxylic acids is 1. The van der Waals surface area contributed by atoms with E-state index in [1.165, 1.54) is 0 Å². The summed E-state index contributed by atoms with van der Waals surface area (Å²) in [6.07, 6.45) is -0.0987. The highest BCUT2D eigenvalue weighted by Gasteiger charge is 2.35. The van der Waals surface area contributed by atoms with Crippen molar-refractivity contribution in [3.63, 3.8) is 0 Å². The SMILES string of the molecule is Cc1ccccc1C(=O)N1CC(CCl)OC(C)(C)C1. The highest BCUT2D eigenvalue weighted by atomic mass is 35.5. The summed E-state index contributed by atoms with van der Waals surface area (Å²) in [6, 6.07) is 7.66. The van der Waals surface area contributed by atoms with E-state index >= 15 is 0 Å². The zero-order valence-corrected chi connectivity index (χ0v) is 12.4. The van der Waals surface area contributed by atoms with Gasteiger partial charge < -0.3 is 9.64 Å². The molecule has 1 aliphatic heterocycles. The van der Waals surface area contributed by atoms with Gasteiger partial charge in [-0.25, -0.2) is 0 Å².